The molecular weight excluding hydrogens is 258 g/mol. The van der Waals surface area contributed by atoms with Crippen LogP contribution in [0.1, 0.15) is 26.2 Å². The number of ether oxygens (including phenoxy) is 1. The van der Waals surface area contributed by atoms with Crippen molar-refractivity contribution in [2.75, 3.05) is 12.8 Å². The normalized spacial score (nSPS) is 11.7. The lowest BCUT2D eigenvalue weighted by Crippen LogP contribution is -2.33. The summed E-state index contributed by atoms with van der Waals surface area (Å²) in [5.41, 5.74) is 8.08. The summed E-state index contributed by atoms with van der Waals surface area (Å²) in [4.78, 5) is 26.6. The molecule has 0 unspecified atom stereocenters. The number of hydrogen-bond donors (Lipinski definition) is 3. The molecule has 0 rings (SSSR count). The Balaban J connectivity index is 3.51. The first kappa shape index (κ1) is 16.9. The highest BCUT2D eigenvalue weighted by molar-refractivity contribution is 8.12. The second-order valence-electron chi connectivity index (χ2n) is 3.53. The molecule has 0 aromatic carbocycles. The molecular formula is C10H19N3O4S. The molecule has 4 N–H and O–H groups in total. The Kier molecular flexibility index (Phi) is 9.25. The van der Waals surface area contributed by atoms with Crippen molar-refractivity contribution in [3.8, 4) is 0 Å². The first-order valence-electron chi connectivity index (χ1n) is 5.47. The summed E-state index contributed by atoms with van der Waals surface area (Å²) < 4.78 is 4.57. The maximum absolute atomic E-state index is 11.2. The molecule has 0 heterocycles. The fraction of sp³-hybridized carbons (Fsp3) is 0.700. The summed E-state index contributed by atoms with van der Waals surface area (Å²) in [5, 5.41) is 6.59. The van der Waals surface area contributed by atoms with E-state index >= 15 is 0 Å². The van der Waals surface area contributed by atoms with Crippen LogP contribution in [0.5, 0.6) is 0 Å². The van der Waals surface area contributed by atoms with Gasteiger partial charge in [0.25, 0.3) is 0 Å². The van der Waals surface area contributed by atoms with Gasteiger partial charge in [-0.1, -0.05) is 0 Å². The van der Waals surface area contributed by atoms with Crippen LogP contribution in [0, 0.1) is 5.41 Å². The highest BCUT2D eigenvalue weighted by Crippen LogP contribution is 2.01. The molecule has 0 amide bonds. The number of thioether (sulfide) groups is 1. The van der Waals surface area contributed by atoms with Crippen molar-refractivity contribution >= 4 is 28.9 Å². The van der Waals surface area contributed by atoms with Gasteiger partial charge in [0.1, 0.15) is 6.04 Å². The predicted molar refractivity (Wildman–Crippen MR) is 69.3 cm³/mol. The Morgan fingerprint density at radius 3 is 2.67 bits per heavy atom. The van der Waals surface area contributed by atoms with E-state index < -0.39 is 17.3 Å². The third kappa shape index (κ3) is 8.97. The van der Waals surface area contributed by atoms with Crippen LogP contribution in [-0.4, -0.2) is 36.0 Å². The maximum Gasteiger partial charge on any atom is 0.385 e. The molecule has 0 aromatic rings. The van der Waals surface area contributed by atoms with E-state index in [1.165, 1.54) is 6.92 Å². The fourth-order valence-electron chi connectivity index (χ4n) is 1.06. The predicted octanol–water partition coefficient (Wildman–Crippen LogP) is 1.03. The number of nitrogens with one attached hydrogen (secondary N) is 2. The highest BCUT2D eigenvalue weighted by Gasteiger charge is 2.15. The molecule has 0 aliphatic carbocycles. The second-order valence-corrected chi connectivity index (χ2v) is 4.27. The summed E-state index contributed by atoms with van der Waals surface area (Å²) >= 11 is 0.978. The van der Waals surface area contributed by atoms with Crippen LogP contribution in [0.25, 0.3) is 0 Å². The number of rotatable bonds is 7. The second kappa shape index (κ2) is 9.86. The summed E-state index contributed by atoms with van der Waals surface area (Å²) in [7, 11) is 0. The lowest BCUT2D eigenvalue weighted by molar-refractivity contribution is -0.137. The summed E-state index contributed by atoms with van der Waals surface area (Å²) in [6.45, 7) is 1.87. The zero-order valence-electron chi connectivity index (χ0n) is 10.5. The number of nitrogens with two attached hydrogens (primary N) is 1. The molecule has 1 atom stereocenters. The van der Waals surface area contributed by atoms with E-state index in [9.17, 15) is 9.59 Å². The van der Waals surface area contributed by atoms with Crippen molar-refractivity contribution in [1.29, 1.82) is 5.41 Å². The Hall–Kier alpha value is -1.12. The van der Waals surface area contributed by atoms with Gasteiger partial charge >= 0.3 is 11.3 Å². The number of carbonyl (C=O) groups excluding carboxylic acids is 2. The fourth-order valence-corrected chi connectivity index (χ4v) is 1.20. The average Bonchev–Trinajstić information content (AvgIpc) is 2.31. The van der Waals surface area contributed by atoms with Crippen molar-refractivity contribution in [2.45, 2.75) is 32.2 Å². The van der Waals surface area contributed by atoms with E-state index in [0.29, 0.717) is 25.8 Å². The standard InChI is InChI=1S/C10H19N3O4S/c1-7(11)16-9(14)8(12)5-3-4-6-13-17-10(15)18-2/h8,11,13H,3-6,12H2,1-2H3/t8-/m0/s1. The van der Waals surface area contributed by atoms with Gasteiger partial charge in [0.15, 0.2) is 5.90 Å². The molecule has 0 bridgehead atoms. The lowest BCUT2D eigenvalue weighted by atomic mass is 10.1. The molecule has 8 heteroatoms. The van der Waals surface area contributed by atoms with Crippen molar-refractivity contribution in [3.63, 3.8) is 0 Å². The van der Waals surface area contributed by atoms with Crippen LogP contribution in [-0.2, 0) is 14.4 Å². The minimum absolute atomic E-state index is 0.166. The van der Waals surface area contributed by atoms with Crippen LogP contribution < -0.4 is 11.2 Å². The monoisotopic (exact) mass is 277 g/mol. The molecule has 0 saturated heterocycles. The van der Waals surface area contributed by atoms with E-state index in [1.807, 2.05) is 0 Å². The highest BCUT2D eigenvalue weighted by atomic mass is 32.2. The number of hydrogen-bond acceptors (Lipinski definition) is 8. The summed E-state index contributed by atoms with van der Waals surface area (Å²) in [5.74, 6) is -0.759. The number of unbranched alkanes of at least 4 members (excludes halogenated alkanes) is 1. The molecule has 0 saturated carbocycles. The number of hydroxylamine groups is 1. The van der Waals surface area contributed by atoms with E-state index in [2.05, 4.69) is 15.1 Å². The molecule has 0 spiro atoms. The van der Waals surface area contributed by atoms with Gasteiger partial charge < -0.3 is 15.3 Å². The van der Waals surface area contributed by atoms with Crippen molar-refractivity contribution < 1.29 is 19.2 Å². The number of esters is 1. The Labute approximate surface area is 110 Å². The lowest BCUT2D eigenvalue weighted by Gasteiger charge is -2.10. The molecule has 0 aromatic heterocycles. The van der Waals surface area contributed by atoms with Gasteiger partial charge in [-0.05, 0) is 37.3 Å². The summed E-state index contributed by atoms with van der Waals surface area (Å²) in [6, 6.07) is -0.723. The minimum Gasteiger partial charge on any atom is -0.411 e. The molecule has 7 nitrogen and oxygen atoms in total. The smallest absolute Gasteiger partial charge is 0.385 e. The molecule has 18 heavy (non-hydrogen) atoms. The molecule has 0 fully saturated rings. The van der Waals surface area contributed by atoms with Crippen LogP contribution in [0.15, 0.2) is 0 Å². The third-order valence-corrected chi connectivity index (χ3v) is 2.34. The van der Waals surface area contributed by atoms with Crippen LogP contribution in [0.3, 0.4) is 0 Å². The van der Waals surface area contributed by atoms with Crippen LogP contribution in [0.4, 0.5) is 4.79 Å². The third-order valence-electron chi connectivity index (χ3n) is 1.92. The Morgan fingerprint density at radius 2 is 2.11 bits per heavy atom. The molecule has 0 aliphatic heterocycles. The maximum atomic E-state index is 11.2. The van der Waals surface area contributed by atoms with Crippen molar-refractivity contribution in [2.24, 2.45) is 5.73 Å². The first-order chi connectivity index (χ1) is 8.47. The summed E-state index contributed by atoms with van der Waals surface area (Å²) in [6.07, 6.45) is 3.49. The Bertz CT molecular complexity index is 299. The Morgan fingerprint density at radius 1 is 1.44 bits per heavy atom. The molecule has 104 valence electrons. The van der Waals surface area contributed by atoms with Gasteiger partial charge in [0, 0.05) is 13.5 Å². The van der Waals surface area contributed by atoms with E-state index in [4.69, 9.17) is 11.1 Å². The molecule has 0 radical (unpaired) electrons. The van der Waals surface area contributed by atoms with E-state index in [-0.39, 0.29) is 5.90 Å². The van der Waals surface area contributed by atoms with Gasteiger partial charge in [-0.3, -0.25) is 5.41 Å². The van der Waals surface area contributed by atoms with Gasteiger partial charge in [0.05, 0.1) is 0 Å². The topological polar surface area (TPSA) is 114 Å². The van der Waals surface area contributed by atoms with Gasteiger partial charge in [0.2, 0.25) is 0 Å². The van der Waals surface area contributed by atoms with Gasteiger partial charge in [-0.2, -0.15) is 5.48 Å². The van der Waals surface area contributed by atoms with Crippen LogP contribution in [0.2, 0.25) is 0 Å². The largest absolute Gasteiger partial charge is 0.411 e. The van der Waals surface area contributed by atoms with E-state index in [0.717, 1.165) is 11.8 Å². The quantitative estimate of drug-likeness (QED) is 0.209. The van der Waals surface area contributed by atoms with Crippen LogP contribution >= 0.6 is 11.8 Å². The first-order valence-corrected chi connectivity index (χ1v) is 6.70. The SMILES string of the molecule is CSC(=O)ONCCCC[C@H](N)C(=O)OC(C)=N. The average molecular weight is 277 g/mol. The van der Waals surface area contributed by atoms with Crippen molar-refractivity contribution in [1.82, 2.24) is 5.48 Å². The van der Waals surface area contributed by atoms with Crippen molar-refractivity contribution in [3.05, 3.63) is 0 Å². The minimum atomic E-state index is -0.723. The zero-order valence-corrected chi connectivity index (χ0v) is 11.3. The zero-order chi connectivity index (χ0) is 14.0. The van der Waals surface area contributed by atoms with Gasteiger partial charge in [-0.15, -0.1) is 0 Å². The van der Waals surface area contributed by atoms with E-state index in [1.54, 1.807) is 6.26 Å². The molecule has 0 aliphatic rings. The van der Waals surface area contributed by atoms with Gasteiger partial charge in [-0.25, -0.2) is 9.59 Å². The number of carbonyl (C=O) groups is 2.